The molecule has 9 heteroatoms. The number of amides is 1. The maximum Gasteiger partial charge on any atom is 0.306 e. The molecule has 5 atom stereocenters. The van der Waals surface area contributed by atoms with Gasteiger partial charge in [-0.15, -0.1) is 0 Å². The van der Waals surface area contributed by atoms with Crippen molar-refractivity contribution in [2.24, 2.45) is 0 Å². The average molecular weight is 369 g/mol. The molecule has 1 aliphatic rings. The number of benzene rings is 1. The second kappa shape index (κ2) is 8.56. The maximum atomic E-state index is 11.6. The van der Waals surface area contributed by atoms with Gasteiger partial charge >= 0.3 is 5.97 Å². The lowest BCUT2D eigenvalue weighted by molar-refractivity contribution is -0.303. The summed E-state index contributed by atoms with van der Waals surface area (Å²) in [4.78, 5) is 22.8. The summed E-state index contributed by atoms with van der Waals surface area (Å²) in [6.45, 7) is 0.569. The monoisotopic (exact) mass is 369 g/mol. The molecule has 0 aliphatic carbocycles. The van der Waals surface area contributed by atoms with Gasteiger partial charge in [0.1, 0.15) is 23.9 Å². The molecule has 0 bridgehead atoms. The Morgan fingerprint density at radius 3 is 2.50 bits per heavy atom. The molecule has 1 fully saturated rings. The summed E-state index contributed by atoms with van der Waals surface area (Å²) in [7, 11) is 0. The molecule has 1 aromatic rings. The number of hydrogen-bond donors (Lipinski definition) is 5. The Morgan fingerprint density at radius 2 is 1.96 bits per heavy atom. The molecule has 0 spiro atoms. The van der Waals surface area contributed by atoms with Gasteiger partial charge in [-0.2, -0.15) is 0 Å². The Morgan fingerprint density at radius 1 is 1.31 bits per heavy atom. The van der Waals surface area contributed by atoms with Gasteiger partial charge in [0.25, 0.3) is 0 Å². The number of aliphatic hydroxyl groups is 3. The summed E-state index contributed by atoms with van der Waals surface area (Å²) in [5, 5.41) is 42.1. The van der Waals surface area contributed by atoms with Crippen molar-refractivity contribution in [2.75, 3.05) is 6.61 Å². The first kappa shape index (κ1) is 20.3. The van der Waals surface area contributed by atoms with Crippen LogP contribution in [-0.4, -0.2) is 69.1 Å². The van der Waals surface area contributed by atoms with E-state index in [0.717, 1.165) is 5.56 Å². The third kappa shape index (κ3) is 4.57. The molecule has 1 aliphatic heterocycles. The van der Waals surface area contributed by atoms with E-state index in [1.807, 2.05) is 6.07 Å². The van der Waals surface area contributed by atoms with Crippen LogP contribution in [0.3, 0.4) is 0 Å². The van der Waals surface area contributed by atoms with Gasteiger partial charge in [0.15, 0.2) is 6.29 Å². The summed E-state index contributed by atoms with van der Waals surface area (Å²) in [5.74, 6) is -1.95. The molecule has 144 valence electrons. The number of carboxylic acids is 1. The van der Waals surface area contributed by atoms with Crippen molar-refractivity contribution in [1.82, 2.24) is 5.32 Å². The van der Waals surface area contributed by atoms with E-state index in [1.54, 1.807) is 24.3 Å². The van der Waals surface area contributed by atoms with Crippen LogP contribution in [0.4, 0.5) is 0 Å². The van der Waals surface area contributed by atoms with E-state index in [0.29, 0.717) is 0 Å². The lowest BCUT2D eigenvalue weighted by Gasteiger charge is -2.49. The highest BCUT2D eigenvalue weighted by Crippen LogP contribution is 2.33. The molecule has 0 aromatic heterocycles. The topological polar surface area (TPSA) is 146 Å². The minimum absolute atomic E-state index is 0.0546. The zero-order valence-corrected chi connectivity index (χ0v) is 14.2. The van der Waals surface area contributed by atoms with Crippen LogP contribution in [0, 0.1) is 0 Å². The van der Waals surface area contributed by atoms with Gasteiger partial charge in [0.05, 0.1) is 19.6 Å². The van der Waals surface area contributed by atoms with Crippen LogP contribution in [0.25, 0.3) is 0 Å². The van der Waals surface area contributed by atoms with Gasteiger partial charge in [0.2, 0.25) is 5.91 Å². The smallest absolute Gasteiger partial charge is 0.306 e. The summed E-state index contributed by atoms with van der Waals surface area (Å²) in [6, 6.07) is 7.65. The molecule has 0 unspecified atom stereocenters. The SMILES string of the molecule is CC(=O)N[C@@H]1[C@@H](OCc2ccccc2)O[C@H](CO)[C@@H](O)[C@@]1(O)CC(=O)O. The molecule has 9 nitrogen and oxygen atoms in total. The molecule has 0 saturated carbocycles. The Bertz CT molecular complexity index is 624. The zero-order valence-electron chi connectivity index (χ0n) is 14.2. The molecule has 1 saturated heterocycles. The first-order chi connectivity index (χ1) is 12.3. The number of carboxylic acid groups (broad SMARTS) is 1. The van der Waals surface area contributed by atoms with E-state index in [2.05, 4.69) is 5.32 Å². The Kier molecular flexibility index (Phi) is 6.68. The first-order valence-electron chi connectivity index (χ1n) is 8.09. The third-order valence-electron chi connectivity index (χ3n) is 4.21. The third-order valence-corrected chi connectivity index (χ3v) is 4.21. The Labute approximate surface area is 150 Å². The van der Waals surface area contributed by atoms with Crippen molar-refractivity contribution in [3.05, 3.63) is 35.9 Å². The van der Waals surface area contributed by atoms with Gasteiger partial charge in [-0.25, -0.2) is 0 Å². The zero-order chi connectivity index (χ0) is 19.3. The predicted octanol–water partition coefficient (Wildman–Crippen LogP) is -1.01. The van der Waals surface area contributed by atoms with E-state index in [9.17, 15) is 24.9 Å². The fraction of sp³-hybridized carbons (Fsp3) is 0.529. The quantitative estimate of drug-likeness (QED) is 0.411. The maximum absolute atomic E-state index is 11.6. The van der Waals surface area contributed by atoms with Gasteiger partial charge < -0.3 is 35.2 Å². The summed E-state index contributed by atoms with van der Waals surface area (Å²) in [6.07, 6.45) is -5.16. The minimum atomic E-state index is -2.29. The normalized spacial score (nSPS) is 31.4. The highest BCUT2D eigenvalue weighted by atomic mass is 16.7. The fourth-order valence-electron chi connectivity index (χ4n) is 2.97. The lowest BCUT2D eigenvalue weighted by Crippen LogP contribution is -2.72. The van der Waals surface area contributed by atoms with Crippen LogP contribution >= 0.6 is 0 Å². The number of ether oxygens (including phenoxy) is 2. The summed E-state index contributed by atoms with van der Waals surface area (Å²) >= 11 is 0. The number of carbonyl (C=O) groups is 2. The van der Waals surface area contributed by atoms with Crippen molar-refractivity contribution in [1.29, 1.82) is 0 Å². The van der Waals surface area contributed by atoms with Crippen molar-refractivity contribution in [2.45, 2.75) is 50.1 Å². The Balaban J connectivity index is 2.29. The number of rotatable bonds is 7. The van der Waals surface area contributed by atoms with Crippen LogP contribution in [0.1, 0.15) is 18.9 Å². The number of nitrogens with one attached hydrogen (secondary N) is 1. The standard InChI is InChI=1S/C17H23NO8/c1-10(20)18-14-16(25-9-11-5-3-2-4-6-11)26-12(8-19)15(23)17(14,24)7-13(21)22/h2-6,12,14-16,19,23-24H,7-9H2,1H3,(H,18,20)(H,21,22)/t12-,14-,15-,16+,17-/m1/s1. The van der Waals surface area contributed by atoms with Crippen LogP contribution < -0.4 is 5.32 Å². The van der Waals surface area contributed by atoms with Gasteiger partial charge in [-0.05, 0) is 5.56 Å². The van der Waals surface area contributed by atoms with Crippen LogP contribution in [-0.2, 0) is 25.7 Å². The summed E-state index contributed by atoms with van der Waals surface area (Å²) < 4.78 is 11.1. The molecule has 1 aromatic carbocycles. The molecule has 26 heavy (non-hydrogen) atoms. The molecular formula is C17H23NO8. The van der Waals surface area contributed by atoms with Crippen LogP contribution in [0.2, 0.25) is 0 Å². The molecule has 1 amide bonds. The molecule has 1 heterocycles. The van der Waals surface area contributed by atoms with Crippen LogP contribution in [0.5, 0.6) is 0 Å². The number of aliphatic carboxylic acids is 1. The number of aliphatic hydroxyl groups excluding tert-OH is 2. The van der Waals surface area contributed by atoms with Crippen LogP contribution in [0.15, 0.2) is 30.3 Å². The van der Waals surface area contributed by atoms with Crippen molar-refractivity contribution >= 4 is 11.9 Å². The predicted molar refractivity (Wildman–Crippen MR) is 87.8 cm³/mol. The highest BCUT2D eigenvalue weighted by Gasteiger charge is 2.57. The molecule has 2 rings (SSSR count). The molecule has 0 radical (unpaired) electrons. The second-order valence-electron chi connectivity index (χ2n) is 6.21. The minimum Gasteiger partial charge on any atom is -0.481 e. The largest absolute Gasteiger partial charge is 0.481 e. The average Bonchev–Trinajstić information content (AvgIpc) is 2.59. The summed E-state index contributed by atoms with van der Waals surface area (Å²) in [5.41, 5.74) is -1.50. The van der Waals surface area contributed by atoms with E-state index >= 15 is 0 Å². The van der Waals surface area contributed by atoms with Crippen molar-refractivity contribution < 1.29 is 39.5 Å². The first-order valence-corrected chi connectivity index (χ1v) is 8.09. The van der Waals surface area contributed by atoms with E-state index in [4.69, 9.17) is 14.6 Å². The van der Waals surface area contributed by atoms with Gasteiger partial charge in [-0.3, -0.25) is 9.59 Å². The van der Waals surface area contributed by atoms with E-state index in [-0.39, 0.29) is 6.61 Å². The van der Waals surface area contributed by atoms with Crippen molar-refractivity contribution in [3.8, 4) is 0 Å². The van der Waals surface area contributed by atoms with E-state index in [1.165, 1.54) is 6.92 Å². The second-order valence-corrected chi connectivity index (χ2v) is 6.21. The van der Waals surface area contributed by atoms with Crippen molar-refractivity contribution in [3.63, 3.8) is 0 Å². The Hall–Kier alpha value is -2.04. The lowest BCUT2D eigenvalue weighted by atomic mass is 9.79. The van der Waals surface area contributed by atoms with Gasteiger partial charge in [0, 0.05) is 6.92 Å². The molecular weight excluding hydrogens is 346 g/mol. The number of carbonyl (C=O) groups excluding carboxylic acids is 1. The van der Waals surface area contributed by atoms with Gasteiger partial charge in [-0.1, -0.05) is 30.3 Å². The fourth-order valence-corrected chi connectivity index (χ4v) is 2.97. The molecule has 5 N–H and O–H groups in total. The number of hydrogen-bond acceptors (Lipinski definition) is 7. The highest BCUT2D eigenvalue weighted by molar-refractivity contribution is 5.74. The van der Waals surface area contributed by atoms with E-state index < -0.39 is 55.0 Å².